The monoisotopic (exact) mass is 474 g/mol. The number of nitro groups is 1. The van der Waals surface area contributed by atoms with E-state index in [0.29, 0.717) is 37.6 Å². The second-order valence-electron chi connectivity index (χ2n) is 9.11. The summed E-state index contributed by atoms with van der Waals surface area (Å²) in [7, 11) is 0. The van der Waals surface area contributed by atoms with E-state index in [2.05, 4.69) is 9.80 Å². The summed E-state index contributed by atoms with van der Waals surface area (Å²) in [5.74, 6) is 0.682. The molecule has 2 fully saturated rings. The summed E-state index contributed by atoms with van der Waals surface area (Å²) < 4.78 is 5.89. The first-order chi connectivity index (χ1) is 17.1. The molecule has 0 spiro atoms. The van der Waals surface area contributed by atoms with Gasteiger partial charge in [0.2, 0.25) is 0 Å². The van der Waals surface area contributed by atoms with Crippen LogP contribution in [0.15, 0.2) is 60.7 Å². The number of rotatable bonds is 6. The van der Waals surface area contributed by atoms with E-state index in [4.69, 9.17) is 4.74 Å². The quantitative estimate of drug-likeness (QED) is 0.388. The SMILES string of the molecule is O=C(COc1cccc2ccccc12)N1CCN(c2ccc([N+](=O)[O-])c(N3CCCCC3)c2)CC1. The molecular formula is C27H30N4O4. The Morgan fingerprint density at radius 2 is 1.60 bits per heavy atom. The molecule has 3 aromatic rings. The van der Waals surface area contributed by atoms with Crippen molar-refractivity contribution < 1.29 is 14.5 Å². The Bertz CT molecular complexity index is 1210. The Labute approximate surface area is 204 Å². The number of piperidine rings is 1. The standard InChI is InChI=1S/C27H30N4O4/c32-27(20-35-26-10-6-8-21-7-2-3-9-23(21)26)30-17-15-28(16-18-30)22-11-12-24(31(33)34)25(19-22)29-13-4-1-5-14-29/h2-3,6-12,19H,1,4-5,13-18,20H2. The van der Waals surface area contributed by atoms with Crippen molar-refractivity contribution in [1.29, 1.82) is 0 Å². The molecule has 3 aromatic carbocycles. The summed E-state index contributed by atoms with van der Waals surface area (Å²) in [6.07, 6.45) is 3.29. The molecule has 0 aliphatic carbocycles. The molecule has 0 bridgehead atoms. The van der Waals surface area contributed by atoms with Gasteiger partial charge in [-0.05, 0) is 42.8 Å². The first kappa shape index (κ1) is 23.0. The van der Waals surface area contributed by atoms with E-state index >= 15 is 0 Å². The third kappa shape index (κ3) is 5.01. The average molecular weight is 475 g/mol. The Hall–Kier alpha value is -3.81. The fourth-order valence-electron chi connectivity index (χ4n) is 5.02. The van der Waals surface area contributed by atoms with E-state index in [9.17, 15) is 14.9 Å². The minimum absolute atomic E-state index is 0.00461. The largest absolute Gasteiger partial charge is 0.483 e. The van der Waals surface area contributed by atoms with Crippen LogP contribution >= 0.6 is 0 Å². The lowest BCUT2D eigenvalue weighted by Gasteiger charge is -2.36. The first-order valence-electron chi connectivity index (χ1n) is 12.3. The zero-order valence-electron chi connectivity index (χ0n) is 19.8. The van der Waals surface area contributed by atoms with Crippen LogP contribution in [0.3, 0.4) is 0 Å². The number of piperazine rings is 1. The normalized spacial score (nSPS) is 16.4. The van der Waals surface area contributed by atoms with Crippen LogP contribution in [0.25, 0.3) is 10.8 Å². The third-order valence-electron chi connectivity index (χ3n) is 6.95. The maximum Gasteiger partial charge on any atom is 0.292 e. The second-order valence-corrected chi connectivity index (χ2v) is 9.11. The summed E-state index contributed by atoms with van der Waals surface area (Å²) in [6, 6.07) is 19.2. The predicted octanol–water partition coefficient (Wildman–Crippen LogP) is 4.47. The molecule has 0 N–H and O–H groups in total. The second kappa shape index (κ2) is 10.2. The molecule has 1 amide bonds. The Morgan fingerprint density at radius 1 is 0.857 bits per heavy atom. The molecule has 8 nitrogen and oxygen atoms in total. The van der Waals surface area contributed by atoms with Crippen LogP contribution in [0.4, 0.5) is 17.1 Å². The van der Waals surface area contributed by atoms with Crippen LogP contribution in [0, 0.1) is 10.1 Å². The van der Waals surface area contributed by atoms with E-state index in [1.807, 2.05) is 59.5 Å². The summed E-state index contributed by atoms with van der Waals surface area (Å²) in [4.78, 5) is 30.3. The molecule has 0 radical (unpaired) electrons. The first-order valence-corrected chi connectivity index (χ1v) is 12.3. The molecule has 8 heteroatoms. The number of amides is 1. The number of nitro benzene ring substituents is 1. The average Bonchev–Trinajstić information content (AvgIpc) is 2.92. The van der Waals surface area contributed by atoms with Gasteiger partial charge < -0.3 is 19.4 Å². The van der Waals surface area contributed by atoms with Gasteiger partial charge in [-0.25, -0.2) is 0 Å². The van der Waals surface area contributed by atoms with Crippen LogP contribution in [0.1, 0.15) is 19.3 Å². The van der Waals surface area contributed by atoms with Crippen molar-refractivity contribution in [2.45, 2.75) is 19.3 Å². The van der Waals surface area contributed by atoms with Gasteiger partial charge in [0, 0.05) is 56.4 Å². The van der Waals surface area contributed by atoms with Crippen LogP contribution in [0.2, 0.25) is 0 Å². The highest BCUT2D eigenvalue weighted by Gasteiger charge is 2.26. The fourth-order valence-corrected chi connectivity index (χ4v) is 5.02. The van der Waals surface area contributed by atoms with E-state index in [1.54, 1.807) is 6.07 Å². The van der Waals surface area contributed by atoms with Crippen molar-refractivity contribution in [3.63, 3.8) is 0 Å². The van der Waals surface area contributed by atoms with Crippen molar-refractivity contribution in [2.24, 2.45) is 0 Å². The van der Waals surface area contributed by atoms with E-state index < -0.39 is 0 Å². The number of ether oxygens (including phenoxy) is 1. The molecule has 2 heterocycles. The fraction of sp³-hybridized carbons (Fsp3) is 0.370. The van der Waals surface area contributed by atoms with Crippen molar-refractivity contribution in [2.75, 3.05) is 55.7 Å². The number of hydrogen-bond donors (Lipinski definition) is 0. The number of carbonyl (C=O) groups is 1. The molecule has 0 atom stereocenters. The van der Waals surface area contributed by atoms with Gasteiger partial charge >= 0.3 is 0 Å². The maximum atomic E-state index is 12.8. The molecule has 35 heavy (non-hydrogen) atoms. The molecule has 5 rings (SSSR count). The molecule has 2 aliphatic heterocycles. The van der Waals surface area contributed by atoms with Crippen molar-refractivity contribution in [3.8, 4) is 5.75 Å². The van der Waals surface area contributed by atoms with Gasteiger partial charge in [-0.3, -0.25) is 14.9 Å². The number of hydrogen-bond acceptors (Lipinski definition) is 6. The van der Waals surface area contributed by atoms with Crippen LogP contribution in [0.5, 0.6) is 5.75 Å². The lowest BCUT2D eigenvalue weighted by atomic mass is 10.1. The Morgan fingerprint density at radius 3 is 2.37 bits per heavy atom. The number of anilines is 2. The van der Waals surface area contributed by atoms with Crippen LogP contribution in [-0.4, -0.2) is 61.6 Å². The van der Waals surface area contributed by atoms with Crippen molar-refractivity contribution in [3.05, 3.63) is 70.8 Å². The maximum absolute atomic E-state index is 12.8. The number of fused-ring (bicyclic) bond motifs is 1. The van der Waals surface area contributed by atoms with Crippen LogP contribution < -0.4 is 14.5 Å². The van der Waals surface area contributed by atoms with Crippen LogP contribution in [-0.2, 0) is 4.79 Å². The topological polar surface area (TPSA) is 79.2 Å². The van der Waals surface area contributed by atoms with Crippen molar-refractivity contribution >= 4 is 33.7 Å². The highest BCUT2D eigenvalue weighted by atomic mass is 16.6. The lowest BCUT2D eigenvalue weighted by molar-refractivity contribution is -0.384. The third-order valence-corrected chi connectivity index (χ3v) is 6.95. The van der Waals surface area contributed by atoms with Gasteiger partial charge in [-0.15, -0.1) is 0 Å². The summed E-state index contributed by atoms with van der Waals surface area (Å²) in [5.41, 5.74) is 1.83. The molecule has 2 saturated heterocycles. The zero-order valence-corrected chi connectivity index (χ0v) is 19.8. The van der Waals surface area contributed by atoms with E-state index in [1.165, 1.54) is 6.42 Å². The smallest absolute Gasteiger partial charge is 0.292 e. The predicted molar refractivity (Wildman–Crippen MR) is 137 cm³/mol. The molecular weight excluding hydrogens is 444 g/mol. The highest BCUT2D eigenvalue weighted by molar-refractivity contribution is 5.88. The minimum atomic E-state index is -0.291. The Kier molecular flexibility index (Phi) is 6.70. The number of carbonyl (C=O) groups excluding carboxylic acids is 1. The Balaban J connectivity index is 1.21. The zero-order chi connectivity index (χ0) is 24.2. The minimum Gasteiger partial charge on any atom is -0.483 e. The van der Waals surface area contributed by atoms with Gasteiger partial charge in [0.15, 0.2) is 6.61 Å². The number of nitrogens with zero attached hydrogens (tertiary/aromatic N) is 4. The van der Waals surface area contributed by atoms with Gasteiger partial charge in [0.05, 0.1) is 4.92 Å². The number of benzene rings is 3. The molecule has 0 unspecified atom stereocenters. The molecule has 182 valence electrons. The summed E-state index contributed by atoms with van der Waals surface area (Å²) in [6.45, 7) is 4.24. The summed E-state index contributed by atoms with van der Waals surface area (Å²) >= 11 is 0. The van der Waals surface area contributed by atoms with Gasteiger partial charge in [0.1, 0.15) is 11.4 Å². The lowest BCUT2D eigenvalue weighted by Crippen LogP contribution is -2.50. The van der Waals surface area contributed by atoms with Gasteiger partial charge in [0.25, 0.3) is 11.6 Å². The van der Waals surface area contributed by atoms with Crippen molar-refractivity contribution in [1.82, 2.24) is 4.90 Å². The van der Waals surface area contributed by atoms with Gasteiger partial charge in [-0.1, -0.05) is 36.4 Å². The molecule has 0 saturated carbocycles. The highest BCUT2D eigenvalue weighted by Crippen LogP contribution is 2.34. The van der Waals surface area contributed by atoms with E-state index in [0.717, 1.165) is 42.4 Å². The van der Waals surface area contributed by atoms with E-state index in [-0.39, 0.29) is 23.1 Å². The molecule has 2 aliphatic rings. The molecule has 0 aromatic heterocycles. The summed E-state index contributed by atoms with van der Waals surface area (Å²) in [5, 5.41) is 13.7. The van der Waals surface area contributed by atoms with Gasteiger partial charge in [-0.2, -0.15) is 0 Å².